The van der Waals surface area contributed by atoms with Crippen molar-refractivity contribution in [3.8, 4) is 11.1 Å². The average Bonchev–Trinajstić information content (AvgIpc) is 2.23. The molecule has 0 heterocycles. The lowest BCUT2D eigenvalue weighted by Gasteiger charge is -2.05. The number of halogens is 1. The van der Waals surface area contributed by atoms with Crippen LogP contribution in [0.2, 0.25) is 0 Å². The summed E-state index contributed by atoms with van der Waals surface area (Å²) in [6.45, 7) is 2.01. The van der Waals surface area contributed by atoms with E-state index in [1.807, 2.05) is 31.2 Å². The van der Waals surface area contributed by atoms with Crippen molar-refractivity contribution in [2.75, 3.05) is 5.73 Å². The van der Waals surface area contributed by atoms with Crippen LogP contribution in [0.5, 0.6) is 0 Å². The van der Waals surface area contributed by atoms with E-state index >= 15 is 0 Å². The Hall–Kier alpha value is -1.28. The fraction of sp³-hybridized carbons (Fsp3) is 0.0769. The fourth-order valence-electron chi connectivity index (χ4n) is 1.46. The van der Waals surface area contributed by atoms with E-state index in [0.717, 1.165) is 21.3 Å². The van der Waals surface area contributed by atoms with Crippen molar-refractivity contribution in [3.05, 3.63) is 52.5 Å². The van der Waals surface area contributed by atoms with Crippen molar-refractivity contribution in [2.45, 2.75) is 6.92 Å². The average molecular weight is 262 g/mol. The normalized spacial score (nSPS) is 10.3. The number of nitrogen functional groups attached to an aromatic ring is 1. The van der Waals surface area contributed by atoms with Crippen molar-refractivity contribution in [3.63, 3.8) is 0 Å². The molecule has 2 rings (SSSR count). The molecule has 0 atom stereocenters. The third kappa shape index (κ3) is 2.21. The molecule has 0 saturated carbocycles. The van der Waals surface area contributed by atoms with Gasteiger partial charge in [0.05, 0.1) is 0 Å². The van der Waals surface area contributed by atoms with Crippen LogP contribution in [0.25, 0.3) is 11.1 Å². The van der Waals surface area contributed by atoms with Gasteiger partial charge in [0.25, 0.3) is 0 Å². The molecule has 0 fully saturated rings. The maximum atomic E-state index is 5.88. The van der Waals surface area contributed by atoms with Gasteiger partial charge in [-0.25, -0.2) is 0 Å². The van der Waals surface area contributed by atoms with Gasteiger partial charge in [-0.05, 0) is 41.8 Å². The minimum Gasteiger partial charge on any atom is -0.398 e. The highest BCUT2D eigenvalue weighted by Gasteiger charge is 1.99. The summed E-state index contributed by atoms with van der Waals surface area (Å²) in [7, 11) is 0. The van der Waals surface area contributed by atoms with Crippen LogP contribution in [-0.4, -0.2) is 0 Å². The number of benzene rings is 2. The first-order chi connectivity index (χ1) is 7.16. The second-order valence-corrected chi connectivity index (χ2v) is 4.49. The molecule has 2 aromatic rings. The monoisotopic (exact) mass is 261 g/mol. The lowest BCUT2D eigenvalue weighted by atomic mass is 10.0. The summed E-state index contributed by atoms with van der Waals surface area (Å²) >= 11 is 3.42. The molecule has 2 heteroatoms. The van der Waals surface area contributed by atoms with Crippen molar-refractivity contribution in [1.82, 2.24) is 0 Å². The number of aryl methyl sites for hydroxylation is 1. The number of rotatable bonds is 1. The molecule has 0 amide bonds. The zero-order valence-electron chi connectivity index (χ0n) is 8.50. The Labute approximate surface area is 98.1 Å². The molecule has 1 nitrogen and oxygen atoms in total. The molecule has 76 valence electrons. The van der Waals surface area contributed by atoms with Gasteiger partial charge in [-0.15, -0.1) is 0 Å². The van der Waals surface area contributed by atoms with E-state index in [0.29, 0.717) is 0 Å². The SMILES string of the molecule is Cc1ccc(-c2ccc(Br)cc2)cc1N. The third-order valence-electron chi connectivity index (χ3n) is 2.46. The lowest BCUT2D eigenvalue weighted by molar-refractivity contribution is 1.46. The lowest BCUT2D eigenvalue weighted by Crippen LogP contribution is -1.89. The van der Waals surface area contributed by atoms with Crippen LogP contribution >= 0.6 is 15.9 Å². The summed E-state index contributed by atoms with van der Waals surface area (Å²) in [5, 5.41) is 0. The summed E-state index contributed by atoms with van der Waals surface area (Å²) in [5.41, 5.74) is 10.2. The highest BCUT2D eigenvalue weighted by atomic mass is 79.9. The Morgan fingerprint density at radius 1 is 0.933 bits per heavy atom. The fourth-order valence-corrected chi connectivity index (χ4v) is 1.73. The Morgan fingerprint density at radius 2 is 1.53 bits per heavy atom. The summed E-state index contributed by atoms with van der Waals surface area (Å²) in [6, 6.07) is 14.4. The molecule has 0 aliphatic rings. The quantitative estimate of drug-likeness (QED) is 0.772. The van der Waals surface area contributed by atoms with E-state index < -0.39 is 0 Å². The van der Waals surface area contributed by atoms with Crippen LogP contribution in [-0.2, 0) is 0 Å². The zero-order chi connectivity index (χ0) is 10.8. The van der Waals surface area contributed by atoms with E-state index in [4.69, 9.17) is 5.73 Å². The van der Waals surface area contributed by atoms with E-state index in [9.17, 15) is 0 Å². The number of hydrogen-bond acceptors (Lipinski definition) is 1. The maximum absolute atomic E-state index is 5.88. The van der Waals surface area contributed by atoms with Gasteiger partial charge in [0.15, 0.2) is 0 Å². The highest BCUT2D eigenvalue weighted by Crippen LogP contribution is 2.24. The molecule has 2 aromatic carbocycles. The Balaban J connectivity index is 2.45. The van der Waals surface area contributed by atoms with Crippen LogP contribution in [0.4, 0.5) is 5.69 Å². The zero-order valence-corrected chi connectivity index (χ0v) is 10.1. The highest BCUT2D eigenvalue weighted by molar-refractivity contribution is 9.10. The molecule has 0 aliphatic heterocycles. The first-order valence-electron chi connectivity index (χ1n) is 4.79. The molecule has 0 bridgehead atoms. The van der Waals surface area contributed by atoms with Gasteiger partial charge in [-0.2, -0.15) is 0 Å². The molecule has 15 heavy (non-hydrogen) atoms. The largest absolute Gasteiger partial charge is 0.398 e. The van der Waals surface area contributed by atoms with Gasteiger partial charge in [-0.1, -0.05) is 40.2 Å². The molecular weight excluding hydrogens is 250 g/mol. The van der Waals surface area contributed by atoms with E-state index in [1.54, 1.807) is 0 Å². The van der Waals surface area contributed by atoms with Crippen molar-refractivity contribution in [2.24, 2.45) is 0 Å². The maximum Gasteiger partial charge on any atom is 0.0349 e. The number of anilines is 1. The summed E-state index contributed by atoms with van der Waals surface area (Å²) in [4.78, 5) is 0. The molecule has 0 aromatic heterocycles. The second-order valence-electron chi connectivity index (χ2n) is 3.58. The van der Waals surface area contributed by atoms with Gasteiger partial charge in [0, 0.05) is 10.2 Å². The predicted molar refractivity (Wildman–Crippen MR) is 68.7 cm³/mol. The minimum atomic E-state index is 0.843. The molecule has 0 saturated heterocycles. The van der Waals surface area contributed by atoms with E-state index in [1.165, 1.54) is 5.56 Å². The minimum absolute atomic E-state index is 0.843. The predicted octanol–water partition coefficient (Wildman–Crippen LogP) is 4.01. The third-order valence-corrected chi connectivity index (χ3v) is 2.99. The summed E-state index contributed by atoms with van der Waals surface area (Å²) < 4.78 is 1.09. The van der Waals surface area contributed by atoms with Gasteiger partial charge in [0.2, 0.25) is 0 Å². The van der Waals surface area contributed by atoms with Crippen LogP contribution in [0.15, 0.2) is 46.9 Å². The molecule has 0 radical (unpaired) electrons. The van der Waals surface area contributed by atoms with Crippen LogP contribution in [0.3, 0.4) is 0 Å². The van der Waals surface area contributed by atoms with Gasteiger partial charge in [-0.3, -0.25) is 0 Å². The number of hydrogen-bond donors (Lipinski definition) is 1. The first-order valence-corrected chi connectivity index (χ1v) is 5.58. The Morgan fingerprint density at radius 3 is 2.13 bits per heavy atom. The smallest absolute Gasteiger partial charge is 0.0349 e. The van der Waals surface area contributed by atoms with Crippen molar-refractivity contribution >= 4 is 21.6 Å². The van der Waals surface area contributed by atoms with Gasteiger partial charge in [0.1, 0.15) is 0 Å². The molecule has 0 spiro atoms. The topological polar surface area (TPSA) is 26.0 Å². The summed E-state index contributed by atoms with van der Waals surface area (Å²) in [6.07, 6.45) is 0. The van der Waals surface area contributed by atoms with E-state index in [-0.39, 0.29) is 0 Å². The van der Waals surface area contributed by atoms with Crippen LogP contribution < -0.4 is 5.73 Å². The van der Waals surface area contributed by atoms with Crippen molar-refractivity contribution < 1.29 is 0 Å². The molecule has 0 unspecified atom stereocenters. The van der Waals surface area contributed by atoms with E-state index in [2.05, 4.69) is 34.1 Å². The van der Waals surface area contributed by atoms with Crippen LogP contribution in [0, 0.1) is 6.92 Å². The second kappa shape index (κ2) is 4.07. The Kier molecular flexibility index (Phi) is 2.78. The van der Waals surface area contributed by atoms with Gasteiger partial charge < -0.3 is 5.73 Å². The summed E-state index contributed by atoms with van der Waals surface area (Å²) in [5.74, 6) is 0. The Bertz CT molecular complexity index is 474. The van der Waals surface area contributed by atoms with Crippen molar-refractivity contribution in [1.29, 1.82) is 0 Å². The standard InChI is InChI=1S/C13H12BrN/c1-9-2-3-11(8-13(9)15)10-4-6-12(14)7-5-10/h2-8H,15H2,1H3. The van der Waals surface area contributed by atoms with Crippen LogP contribution in [0.1, 0.15) is 5.56 Å². The molecule has 2 N–H and O–H groups in total. The first kappa shape index (κ1) is 10.2. The molecule has 0 aliphatic carbocycles. The van der Waals surface area contributed by atoms with Gasteiger partial charge >= 0.3 is 0 Å². The molecular formula is C13H12BrN. The number of nitrogens with two attached hydrogens (primary N) is 1.